The van der Waals surface area contributed by atoms with Crippen molar-refractivity contribution in [2.75, 3.05) is 24.2 Å². The molecule has 25 heavy (non-hydrogen) atoms. The summed E-state index contributed by atoms with van der Waals surface area (Å²) < 4.78 is 0. The van der Waals surface area contributed by atoms with Gasteiger partial charge in [-0.1, -0.05) is 11.8 Å². The molecule has 1 N–H and O–H groups in total. The summed E-state index contributed by atoms with van der Waals surface area (Å²) in [6.45, 7) is 1.47. The number of nitriles is 1. The van der Waals surface area contributed by atoms with Gasteiger partial charge in [0.15, 0.2) is 11.0 Å². The largest absolute Gasteiger partial charge is 0.355 e. The van der Waals surface area contributed by atoms with Crippen LogP contribution in [0.15, 0.2) is 35.9 Å². The van der Waals surface area contributed by atoms with Gasteiger partial charge in [-0.15, -0.1) is 0 Å². The first-order valence-corrected chi connectivity index (χ1v) is 9.20. The lowest BCUT2D eigenvalue weighted by atomic mass is 10.0. The van der Waals surface area contributed by atoms with Gasteiger partial charge in [0.1, 0.15) is 11.6 Å². The fourth-order valence-corrected chi connectivity index (χ4v) is 3.12. The van der Waals surface area contributed by atoms with Gasteiger partial charge in [0.05, 0.1) is 6.20 Å². The van der Waals surface area contributed by atoms with E-state index < -0.39 is 0 Å². The molecule has 3 heterocycles. The molecule has 0 bridgehead atoms. The van der Waals surface area contributed by atoms with Crippen LogP contribution in [0, 0.1) is 11.3 Å². The number of amides is 1. The van der Waals surface area contributed by atoms with Crippen LogP contribution in [0.2, 0.25) is 0 Å². The van der Waals surface area contributed by atoms with Crippen molar-refractivity contribution in [3.63, 3.8) is 0 Å². The fraction of sp³-hybridized carbons (Fsp3) is 0.353. The predicted molar refractivity (Wildman–Crippen MR) is 95.5 cm³/mol. The van der Waals surface area contributed by atoms with E-state index in [1.165, 1.54) is 11.8 Å². The molecule has 1 aliphatic rings. The minimum atomic E-state index is -0.0785. The molecule has 3 rings (SSSR count). The summed E-state index contributed by atoms with van der Waals surface area (Å²) >= 11 is 1.45. The van der Waals surface area contributed by atoms with E-state index in [1.807, 2.05) is 6.26 Å². The number of nitrogens with zero attached hydrogens (tertiary/aromatic N) is 5. The van der Waals surface area contributed by atoms with Crippen molar-refractivity contribution in [2.45, 2.75) is 24.0 Å². The zero-order valence-electron chi connectivity index (χ0n) is 13.8. The van der Waals surface area contributed by atoms with Crippen LogP contribution in [-0.2, 0) is 0 Å². The molecule has 1 fully saturated rings. The minimum absolute atomic E-state index is 0.0785. The van der Waals surface area contributed by atoms with Gasteiger partial charge in [-0.2, -0.15) is 5.26 Å². The van der Waals surface area contributed by atoms with Crippen molar-refractivity contribution in [2.24, 2.45) is 0 Å². The molecule has 2 aromatic rings. The van der Waals surface area contributed by atoms with Crippen LogP contribution in [0.5, 0.6) is 0 Å². The summed E-state index contributed by atoms with van der Waals surface area (Å²) in [7, 11) is 0. The Morgan fingerprint density at radius 1 is 1.36 bits per heavy atom. The van der Waals surface area contributed by atoms with Gasteiger partial charge in [0, 0.05) is 37.1 Å². The van der Waals surface area contributed by atoms with Crippen LogP contribution in [0.4, 0.5) is 5.82 Å². The van der Waals surface area contributed by atoms with Gasteiger partial charge in [-0.05, 0) is 31.2 Å². The highest BCUT2D eigenvalue weighted by Gasteiger charge is 2.24. The molecule has 0 radical (unpaired) electrons. The van der Waals surface area contributed by atoms with Crippen molar-refractivity contribution in [1.82, 2.24) is 20.3 Å². The molecule has 128 valence electrons. The quantitative estimate of drug-likeness (QED) is 0.661. The highest BCUT2D eigenvalue weighted by atomic mass is 32.2. The highest BCUT2D eigenvalue weighted by Crippen LogP contribution is 2.23. The average Bonchev–Trinajstić information content (AvgIpc) is 2.68. The molecule has 0 aliphatic carbocycles. The molecule has 0 unspecified atom stereocenters. The summed E-state index contributed by atoms with van der Waals surface area (Å²) in [6.07, 6.45) is 8.32. The summed E-state index contributed by atoms with van der Waals surface area (Å²) in [5, 5.41) is 13.0. The molecule has 7 nitrogen and oxygen atoms in total. The van der Waals surface area contributed by atoms with Crippen molar-refractivity contribution >= 4 is 23.5 Å². The van der Waals surface area contributed by atoms with Crippen molar-refractivity contribution in [1.29, 1.82) is 5.26 Å². The smallest absolute Gasteiger partial charge is 0.251 e. The summed E-state index contributed by atoms with van der Waals surface area (Å²) in [5.41, 5.74) is 1.10. The highest BCUT2D eigenvalue weighted by molar-refractivity contribution is 7.98. The first-order valence-electron chi connectivity index (χ1n) is 7.98. The zero-order chi connectivity index (χ0) is 17.6. The number of carbonyl (C=O) groups excluding carboxylic acids is 1. The van der Waals surface area contributed by atoms with Crippen LogP contribution >= 0.6 is 11.8 Å². The third-order valence-electron chi connectivity index (χ3n) is 4.12. The van der Waals surface area contributed by atoms with E-state index in [0.29, 0.717) is 22.1 Å². The molecular formula is C17H18N6OS. The van der Waals surface area contributed by atoms with Crippen molar-refractivity contribution in [3.8, 4) is 6.07 Å². The molecule has 1 saturated heterocycles. The van der Waals surface area contributed by atoms with E-state index in [2.05, 4.69) is 31.2 Å². The SMILES string of the molecule is CSc1ncc(C#N)c(N2CCC(NC(=O)c3ccncc3)CC2)n1. The second-order valence-electron chi connectivity index (χ2n) is 5.68. The van der Waals surface area contributed by atoms with Gasteiger partial charge in [0.25, 0.3) is 5.91 Å². The van der Waals surface area contributed by atoms with E-state index in [0.717, 1.165) is 25.9 Å². The van der Waals surface area contributed by atoms with Gasteiger partial charge in [-0.25, -0.2) is 9.97 Å². The van der Waals surface area contributed by atoms with Gasteiger partial charge >= 0.3 is 0 Å². The second-order valence-corrected chi connectivity index (χ2v) is 6.45. The Morgan fingerprint density at radius 2 is 2.08 bits per heavy atom. The standard InChI is InChI=1S/C17H18N6OS/c1-25-17-20-11-13(10-18)15(22-17)23-8-4-14(5-9-23)21-16(24)12-2-6-19-7-3-12/h2-3,6-7,11,14H,4-5,8-9H2,1H3,(H,21,24). The predicted octanol–water partition coefficient (Wildman–Crippen LogP) is 1.86. The Labute approximate surface area is 150 Å². The first kappa shape index (κ1) is 17.2. The number of anilines is 1. The topological polar surface area (TPSA) is 94.8 Å². The van der Waals surface area contributed by atoms with Crippen molar-refractivity contribution in [3.05, 3.63) is 41.9 Å². The maximum absolute atomic E-state index is 12.2. The second kappa shape index (κ2) is 7.94. The van der Waals surface area contributed by atoms with Crippen LogP contribution in [0.1, 0.15) is 28.8 Å². The molecule has 1 aliphatic heterocycles. The lowest BCUT2D eigenvalue weighted by Gasteiger charge is -2.33. The van der Waals surface area contributed by atoms with E-state index in [9.17, 15) is 10.1 Å². The van der Waals surface area contributed by atoms with Crippen LogP contribution in [0.25, 0.3) is 0 Å². The molecule has 0 aromatic carbocycles. The summed E-state index contributed by atoms with van der Waals surface area (Å²) in [5.74, 6) is 0.603. The molecule has 2 aromatic heterocycles. The van der Waals surface area contributed by atoms with Crippen LogP contribution in [0.3, 0.4) is 0 Å². The van der Waals surface area contributed by atoms with E-state index in [1.54, 1.807) is 30.7 Å². The van der Waals surface area contributed by atoms with Gasteiger partial charge in [0.2, 0.25) is 0 Å². The van der Waals surface area contributed by atoms with Crippen LogP contribution < -0.4 is 10.2 Å². The van der Waals surface area contributed by atoms with Crippen LogP contribution in [-0.4, -0.2) is 46.2 Å². The summed E-state index contributed by atoms with van der Waals surface area (Å²) in [6, 6.07) is 5.68. The number of carbonyl (C=O) groups is 1. The normalized spacial score (nSPS) is 14.8. The number of hydrogen-bond acceptors (Lipinski definition) is 7. The Bertz CT molecular complexity index is 783. The molecule has 0 spiro atoms. The Balaban J connectivity index is 1.63. The maximum Gasteiger partial charge on any atom is 0.251 e. The number of nitrogens with one attached hydrogen (secondary N) is 1. The number of thioether (sulfide) groups is 1. The molecule has 8 heteroatoms. The van der Waals surface area contributed by atoms with E-state index in [4.69, 9.17) is 0 Å². The number of hydrogen-bond donors (Lipinski definition) is 1. The van der Waals surface area contributed by atoms with E-state index >= 15 is 0 Å². The number of piperidine rings is 1. The third-order valence-corrected chi connectivity index (χ3v) is 4.68. The molecule has 0 saturated carbocycles. The molecular weight excluding hydrogens is 336 g/mol. The number of aromatic nitrogens is 3. The lowest BCUT2D eigenvalue weighted by molar-refractivity contribution is 0.0931. The van der Waals surface area contributed by atoms with Crippen molar-refractivity contribution < 1.29 is 4.79 Å². The Morgan fingerprint density at radius 3 is 2.72 bits per heavy atom. The Kier molecular flexibility index (Phi) is 5.46. The average molecular weight is 354 g/mol. The monoisotopic (exact) mass is 354 g/mol. The fourth-order valence-electron chi connectivity index (χ4n) is 2.78. The zero-order valence-corrected chi connectivity index (χ0v) is 14.7. The van der Waals surface area contributed by atoms with Gasteiger partial charge < -0.3 is 10.2 Å². The maximum atomic E-state index is 12.2. The minimum Gasteiger partial charge on any atom is -0.355 e. The Hall–Kier alpha value is -2.66. The lowest BCUT2D eigenvalue weighted by Crippen LogP contribution is -2.45. The molecule has 1 amide bonds. The van der Waals surface area contributed by atoms with E-state index in [-0.39, 0.29) is 11.9 Å². The van der Waals surface area contributed by atoms with Gasteiger partial charge in [-0.3, -0.25) is 9.78 Å². The number of pyridine rings is 1. The first-order chi connectivity index (χ1) is 12.2. The number of rotatable bonds is 4. The summed E-state index contributed by atoms with van der Waals surface area (Å²) in [4.78, 5) is 26.9. The third kappa shape index (κ3) is 4.06. The molecule has 0 atom stereocenters.